The van der Waals surface area contributed by atoms with Crippen LogP contribution in [-0.4, -0.2) is 54.4 Å². The number of hydrogen-bond acceptors (Lipinski definition) is 4. The van der Waals surface area contributed by atoms with E-state index in [-0.39, 0.29) is 11.7 Å². The zero-order valence-electron chi connectivity index (χ0n) is 16.5. The number of aromatic nitrogens is 1. The number of aromatic amines is 1. The highest BCUT2D eigenvalue weighted by molar-refractivity contribution is 6.02. The van der Waals surface area contributed by atoms with E-state index in [2.05, 4.69) is 16.0 Å². The van der Waals surface area contributed by atoms with Gasteiger partial charge in [-0.1, -0.05) is 12.1 Å². The number of Topliss-reactive ketones (excluding diaryl/α,β-unsaturated/α-hetero) is 1. The van der Waals surface area contributed by atoms with Crippen molar-refractivity contribution < 1.29 is 14.3 Å². The molecule has 1 aliphatic rings. The fraction of sp³-hybridized carbons (Fsp3) is 0.429. The third-order valence-electron chi connectivity index (χ3n) is 5.08. The molecular weight excluding hydrogens is 342 g/mol. The van der Waals surface area contributed by atoms with Crippen LogP contribution in [0.2, 0.25) is 0 Å². The lowest BCUT2D eigenvalue weighted by Crippen LogP contribution is -2.49. The quantitative estimate of drug-likeness (QED) is 0.822. The molecule has 0 bridgehead atoms. The summed E-state index contributed by atoms with van der Waals surface area (Å²) in [5.41, 5.74) is 3.72. The van der Waals surface area contributed by atoms with E-state index in [1.165, 1.54) is 6.92 Å². The summed E-state index contributed by atoms with van der Waals surface area (Å²) in [6.45, 7) is 10.6. The summed E-state index contributed by atoms with van der Waals surface area (Å²) in [6.07, 6.45) is 0. The van der Waals surface area contributed by atoms with E-state index in [1.807, 2.05) is 43.9 Å². The summed E-state index contributed by atoms with van der Waals surface area (Å²) in [4.78, 5) is 32.0. The molecule has 2 aromatic rings. The molecule has 0 unspecified atom stereocenters. The first-order valence-electron chi connectivity index (χ1n) is 9.40. The summed E-state index contributed by atoms with van der Waals surface area (Å²) < 4.78 is 5.73. The normalized spacial score (nSPS) is 14.4. The van der Waals surface area contributed by atoms with Gasteiger partial charge in [0.2, 0.25) is 0 Å². The maximum Gasteiger partial charge on any atom is 0.270 e. The maximum absolute atomic E-state index is 13.0. The Morgan fingerprint density at radius 2 is 1.78 bits per heavy atom. The van der Waals surface area contributed by atoms with Gasteiger partial charge in [0, 0.05) is 37.4 Å². The van der Waals surface area contributed by atoms with Crippen LogP contribution in [0.1, 0.15) is 46.0 Å². The van der Waals surface area contributed by atoms with Gasteiger partial charge in [-0.05, 0) is 45.4 Å². The maximum atomic E-state index is 13.0. The van der Waals surface area contributed by atoms with Crippen LogP contribution in [0.15, 0.2) is 24.3 Å². The molecule has 0 atom stereocenters. The number of H-pyrrole nitrogens is 1. The van der Waals surface area contributed by atoms with Crippen LogP contribution >= 0.6 is 0 Å². The van der Waals surface area contributed by atoms with Gasteiger partial charge in [0.05, 0.1) is 12.3 Å². The molecule has 144 valence electrons. The molecule has 3 rings (SSSR count). The number of nitrogens with zero attached hydrogens (tertiary/aromatic N) is 2. The van der Waals surface area contributed by atoms with Gasteiger partial charge in [-0.15, -0.1) is 0 Å². The van der Waals surface area contributed by atoms with Crippen LogP contribution in [-0.2, 0) is 0 Å². The van der Waals surface area contributed by atoms with Crippen LogP contribution in [0.5, 0.6) is 5.75 Å². The van der Waals surface area contributed by atoms with Crippen molar-refractivity contribution in [3.05, 3.63) is 46.8 Å². The predicted octanol–water partition coefficient (Wildman–Crippen LogP) is 3.20. The van der Waals surface area contributed by atoms with Crippen LogP contribution in [0.3, 0.4) is 0 Å². The summed E-state index contributed by atoms with van der Waals surface area (Å²) in [5, 5.41) is 0. The number of piperazine rings is 1. The Balaban J connectivity index is 1.72. The van der Waals surface area contributed by atoms with E-state index in [0.717, 1.165) is 35.8 Å². The molecule has 1 aromatic heterocycles. The SMILES string of the molecule is CCOc1ccccc1N1CCN(C(=O)c2[nH]c(C)c(C(C)=O)c2C)CC1. The van der Waals surface area contributed by atoms with E-state index in [4.69, 9.17) is 4.74 Å². The van der Waals surface area contributed by atoms with Crippen molar-refractivity contribution in [1.29, 1.82) is 0 Å². The molecule has 1 N–H and O–H groups in total. The molecule has 0 radical (unpaired) electrons. The Hall–Kier alpha value is -2.76. The van der Waals surface area contributed by atoms with Crippen molar-refractivity contribution >= 4 is 17.4 Å². The highest BCUT2D eigenvalue weighted by atomic mass is 16.5. The van der Waals surface area contributed by atoms with Crippen LogP contribution in [0.25, 0.3) is 0 Å². The number of hydrogen-bond donors (Lipinski definition) is 1. The molecule has 2 heterocycles. The Morgan fingerprint density at radius 3 is 2.37 bits per heavy atom. The summed E-state index contributed by atoms with van der Waals surface area (Å²) in [7, 11) is 0. The van der Waals surface area contributed by atoms with Gasteiger partial charge in [0.1, 0.15) is 11.4 Å². The minimum absolute atomic E-state index is 0.0161. The second kappa shape index (κ2) is 7.86. The number of rotatable bonds is 5. The van der Waals surface area contributed by atoms with E-state index in [9.17, 15) is 9.59 Å². The number of carbonyl (C=O) groups excluding carboxylic acids is 2. The van der Waals surface area contributed by atoms with Gasteiger partial charge in [0.15, 0.2) is 5.78 Å². The lowest BCUT2D eigenvalue weighted by molar-refractivity contribution is 0.0740. The van der Waals surface area contributed by atoms with Crippen molar-refractivity contribution in [2.45, 2.75) is 27.7 Å². The number of ether oxygens (including phenoxy) is 1. The summed E-state index contributed by atoms with van der Waals surface area (Å²) >= 11 is 0. The van der Waals surface area contributed by atoms with E-state index >= 15 is 0 Å². The summed E-state index contributed by atoms with van der Waals surface area (Å²) in [6, 6.07) is 8.01. The largest absolute Gasteiger partial charge is 0.492 e. The number of carbonyl (C=O) groups is 2. The number of aryl methyl sites for hydroxylation is 1. The van der Waals surface area contributed by atoms with Crippen LogP contribution in [0.4, 0.5) is 5.69 Å². The van der Waals surface area contributed by atoms with E-state index in [0.29, 0.717) is 31.0 Å². The first kappa shape index (κ1) is 19.0. The van der Waals surface area contributed by atoms with Crippen molar-refractivity contribution in [3.63, 3.8) is 0 Å². The smallest absolute Gasteiger partial charge is 0.270 e. The average molecular weight is 369 g/mol. The Morgan fingerprint density at radius 1 is 1.11 bits per heavy atom. The lowest BCUT2D eigenvalue weighted by atomic mass is 10.1. The number of benzene rings is 1. The van der Waals surface area contributed by atoms with Gasteiger partial charge in [-0.2, -0.15) is 0 Å². The second-order valence-electron chi connectivity index (χ2n) is 6.86. The molecule has 1 amide bonds. The highest BCUT2D eigenvalue weighted by Gasteiger charge is 2.27. The third-order valence-corrected chi connectivity index (χ3v) is 5.08. The van der Waals surface area contributed by atoms with Gasteiger partial charge in [0.25, 0.3) is 5.91 Å². The highest BCUT2D eigenvalue weighted by Crippen LogP contribution is 2.29. The molecule has 27 heavy (non-hydrogen) atoms. The van der Waals surface area contributed by atoms with Crippen molar-refractivity contribution in [1.82, 2.24) is 9.88 Å². The zero-order chi connectivity index (χ0) is 19.6. The standard InChI is InChI=1S/C21H27N3O3/c1-5-27-18-9-7-6-8-17(18)23-10-12-24(13-11-23)21(26)20-14(2)19(16(4)25)15(3)22-20/h6-9,22H,5,10-13H2,1-4H3. The molecule has 6 heteroatoms. The number of nitrogens with one attached hydrogen (secondary N) is 1. The number of anilines is 1. The molecule has 0 aliphatic carbocycles. The molecular formula is C21H27N3O3. The number of ketones is 1. The van der Waals surface area contributed by atoms with Gasteiger partial charge in [-0.25, -0.2) is 0 Å². The molecule has 0 spiro atoms. The first-order valence-corrected chi connectivity index (χ1v) is 9.40. The van der Waals surface area contributed by atoms with Gasteiger partial charge >= 0.3 is 0 Å². The Labute approximate surface area is 160 Å². The Kier molecular flexibility index (Phi) is 5.54. The van der Waals surface area contributed by atoms with Crippen LogP contribution < -0.4 is 9.64 Å². The molecule has 1 aromatic carbocycles. The minimum Gasteiger partial charge on any atom is -0.492 e. The number of amides is 1. The average Bonchev–Trinajstić information content (AvgIpc) is 2.96. The van der Waals surface area contributed by atoms with Crippen molar-refractivity contribution in [2.75, 3.05) is 37.7 Å². The Bertz CT molecular complexity index is 848. The summed E-state index contributed by atoms with van der Waals surface area (Å²) in [5.74, 6) is 0.820. The van der Waals surface area contributed by atoms with Gasteiger partial charge < -0.3 is 19.5 Å². The first-order chi connectivity index (χ1) is 12.9. The fourth-order valence-electron chi connectivity index (χ4n) is 3.80. The second-order valence-corrected chi connectivity index (χ2v) is 6.86. The molecule has 1 saturated heterocycles. The van der Waals surface area contributed by atoms with E-state index in [1.54, 1.807) is 0 Å². The van der Waals surface area contributed by atoms with E-state index < -0.39 is 0 Å². The minimum atomic E-state index is -0.0409. The predicted molar refractivity (Wildman–Crippen MR) is 106 cm³/mol. The monoisotopic (exact) mass is 369 g/mol. The zero-order valence-corrected chi connectivity index (χ0v) is 16.5. The molecule has 6 nitrogen and oxygen atoms in total. The topological polar surface area (TPSA) is 65.6 Å². The molecule has 1 fully saturated rings. The number of para-hydroxylation sites is 2. The van der Waals surface area contributed by atoms with Crippen molar-refractivity contribution in [3.8, 4) is 5.75 Å². The molecule has 0 saturated carbocycles. The van der Waals surface area contributed by atoms with Gasteiger partial charge in [-0.3, -0.25) is 9.59 Å². The lowest BCUT2D eigenvalue weighted by Gasteiger charge is -2.36. The van der Waals surface area contributed by atoms with Crippen molar-refractivity contribution in [2.24, 2.45) is 0 Å². The molecule has 1 aliphatic heterocycles. The fourth-order valence-corrected chi connectivity index (χ4v) is 3.80. The van der Waals surface area contributed by atoms with Crippen LogP contribution in [0, 0.1) is 13.8 Å². The third kappa shape index (κ3) is 3.70.